The first kappa shape index (κ1) is 9.18. The van der Waals surface area contributed by atoms with Crippen LogP contribution in [0.2, 0.25) is 0 Å². The van der Waals surface area contributed by atoms with Crippen molar-refractivity contribution in [1.82, 2.24) is 15.0 Å². The third-order valence-electron chi connectivity index (χ3n) is 2.69. The fourth-order valence-electron chi connectivity index (χ4n) is 1.87. The summed E-state index contributed by atoms with van der Waals surface area (Å²) in [4.78, 5) is 10.7. The Balaban J connectivity index is 2.18. The van der Waals surface area contributed by atoms with E-state index in [0.717, 1.165) is 22.6 Å². The molecule has 0 saturated heterocycles. The monoisotopic (exact) mass is 212 g/mol. The zero-order valence-corrected chi connectivity index (χ0v) is 8.70. The highest BCUT2D eigenvalue weighted by atomic mass is 14.9. The Kier molecular flexibility index (Phi) is 2.01. The minimum absolute atomic E-state index is 0.482. The lowest BCUT2D eigenvalue weighted by Gasteiger charge is -1.94. The molecule has 16 heavy (non-hydrogen) atoms. The van der Waals surface area contributed by atoms with Gasteiger partial charge in [-0.1, -0.05) is 18.2 Å². The molecule has 0 aliphatic heterocycles. The number of hydrogen-bond acceptors (Lipinski definition) is 2. The Hall–Kier alpha value is -2.07. The van der Waals surface area contributed by atoms with E-state index < -0.39 is 0 Å². The zero-order chi connectivity index (χ0) is 11.0. The summed E-state index contributed by atoms with van der Waals surface area (Å²) in [7, 11) is 0. The first-order valence-corrected chi connectivity index (χ1v) is 5.19. The molecule has 0 radical (unpaired) electrons. The molecule has 3 aromatic rings. The largest absolute Gasteiger partial charge is 0.360 e. The number of aromatic nitrogens is 3. The van der Waals surface area contributed by atoms with Gasteiger partial charge in [-0.05, 0) is 6.07 Å². The number of fused-ring (bicyclic) bond motifs is 1. The topological polar surface area (TPSA) is 70.5 Å². The summed E-state index contributed by atoms with van der Waals surface area (Å²) < 4.78 is 0. The van der Waals surface area contributed by atoms with Crippen LogP contribution in [0.3, 0.4) is 0 Å². The Morgan fingerprint density at radius 1 is 1.25 bits per heavy atom. The van der Waals surface area contributed by atoms with Crippen molar-refractivity contribution in [3.05, 3.63) is 42.4 Å². The van der Waals surface area contributed by atoms with Gasteiger partial charge in [0.1, 0.15) is 5.82 Å². The van der Waals surface area contributed by atoms with Crippen molar-refractivity contribution in [1.29, 1.82) is 0 Å². The van der Waals surface area contributed by atoms with Gasteiger partial charge in [-0.25, -0.2) is 4.98 Å². The van der Waals surface area contributed by atoms with Gasteiger partial charge in [0.15, 0.2) is 0 Å². The molecular formula is C12H12N4. The number of aromatic amines is 2. The van der Waals surface area contributed by atoms with E-state index >= 15 is 0 Å². The van der Waals surface area contributed by atoms with Crippen LogP contribution in [0.15, 0.2) is 36.7 Å². The second-order valence-corrected chi connectivity index (χ2v) is 3.71. The molecule has 0 bridgehead atoms. The molecule has 0 aliphatic carbocycles. The Morgan fingerprint density at radius 2 is 2.12 bits per heavy atom. The van der Waals surface area contributed by atoms with Crippen LogP contribution in [-0.4, -0.2) is 15.0 Å². The van der Waals surface area contributed by atoms with E-state index in [9.17, 15) is 0 Å². The highest BCUT2D eigenvalue weighted by Crippen LogP contribution is 2.25. The van der Waals surface area contributed by atoms with Crippen molar-refractivity contribution >= 4 is 10.9 Å². The average Bonchev–Trinajstić information content (AvgIpc) is 2.94. The maximum atomic E-state index is 5.55. The molecule has 80 valence electrons. The second kappa shape index (κ2) is 3.50. The molecule has 0 spiro atoms. The maximum absolute atomic E-state index is 5.55. The van der Waals surface area contributed by atoms with E-state index in [1.54, 1.807) is 6.20 Å². The zero-order valence-electron chi connectivity index (χ0n) is 8.70. The fraction of sp³-hybridized carbons (Fsp3) is 0.0833. The first-order chi connectivity index (χ1) is 7.88. The number of nitrogens with one attached hydrogen (secondary N) is 2. The van der Waals surface area contributed by atoms with E-state index in [1.165, 1.54) is 5.39 Å². The molecule has 2 heterocycles. The molecule has 0 atom stereocenters. The van der Waals surface area contributed by atoms with Crippen molar-refractivity contribution in [3.63, 3.8) is 0 Å². The number of rotatable bonds is 2. The third-order valence-corrected chi connectivity index (χ3v) is 2.69. The van der Waals surface area contributed by atoms with Gasteiger partial charge in [0, 0.05) is 41.1 Å². The third kappa shape index (κ3) is 1.31. The lowest BCUT2D eigenvalue weighted by Crippen LogP contribution is -1.95. The lowest BCUT2D eigenvalue weighted by molar-refractivity contribution is 1.01. The number of imidazole rings is 1. The smallest absolute Gasteiger partial charge is 0.139 e. The number of nitrogens with two attached hydrogens (primary N) is 1. The number of hydrogen-bond donors (Lipinski definition) is 3. The molecule has 0 fully saturated rings. The summed E-state index contributed by atoms with van der Waals surface area (Å²) in [6.45, 7) is 0.482. The van der Waals surface area contributed by atoms with Crippen LogP contribution >= 0.6 is 0 Å². The van der Waals surface area contributed by atoms with Crippen LogP contribution in [-0.2, 0) is 6.54 Å². The van der Waals surface area contributed by atoms with Crippen molar-refractivity contribution < 1.29 is 0 Å². The maximum Gasteiger partial charge on any atom is 0.139 e. The van der Waals surface area contributed by atoms with E-state index in [2.05, 4.69) is 21.0 Å². The van der Waals surface area contributed by atoms with Gasteiger partial charge in [0.25, 0.3) is 0 Å². The van der Waals surface area contributed by atoms with Gasteiger partial charge >= 0.3 is 0 Å². The first-order valence-electron chi connectivity index (χ1n) is 5.19. The summed E-state index contributed by atoms with van der Waals surface area (Å²) >= 11 is 0. The van der Waals surface area contributed by atoms with E-state index in [0.29, 0.717) is 6.54 Å². The van der Waals surface area contributed by atoms with Gasteiger partial charge in [-0.3, -0.25) is 0 Å². The SMILES string of the molecule is NCc1cnc(-c2c[nH]c3ccccc23)[nH]1. The fourth-order valence-corrected chi connectivity index (χ4v) is 1.87. The van der Waals surface area contributed by atoms with Crippen molar-refractivity contribution in [2.45, 2.75) is 6.54 Å². The predicted octanol–water partition coefficient (Wildman–Crippen LogP) is 2.02. The van der Waals surface area contributed by atoms with Gasteiger partial charge in [0.05, 0.1) is 0 Å². The highest BCUT2D eigenvalue weighted by molar-refractivity contribution is 5.93. The van der Waals surface area contributed by atoms with Crippen molar-refractivity contribution in [2.75, 3.05) is 0 Å². The van der Waals surface area contributed by atoms with Gasteiger partial charge in [-0.2, -0.15) is 0 Å². The van der Waals surface area contributed by atoms with E-state index in [-0.39, 0.29) is 0 Å². The molecule has 0 unspecified atom stereocenters. The van der Waals surface area contributed by atoms with Gasteiger partial charge in [0.2, 0.25) is 0 Å². The number of nitrogens with zero attached hydrogens (tertiary/aromatic N) is 1. The highest BCUT2D eigenvalue weighted by Gasteiger charge is 2.08. The summed E-state index contributed by atoms with van der Waals surface area (Å²) in [5.41, 5.74) is 8.69. The van der Waals surface area contributed by atoms with E-state index in [4.69, 9.17) is 5.73 Å². The Bertz CT molecular complexity index is 621. The molecule has 0 amide bonds. The molecule has 4 nitrogen and oxygen atoms in total. The van der Waals surface area contributed by atoms with Crippen LogP contribution in [0, 0.1) is 0 Å². The minimum atomic E-state index is 0.482. The summed E-state index contributed by atoms with van der Waals surface area (Å²) in [5, 5.41) is 1.17. The molecule has 4 heteroatoms. The molecule has 0 aliphatic rings. The number of para-hydroxylation sites is 1. The molecule has 1 aromatic carbocycles. The predicted molar refractivity (Wildman–Crippen MR) is 63.8 cm³/mol. The number of benzene rings is 1. The summed E-state index contributed by atoms with van der Waals surface area (Å²) in [5.74, 6) is 0.859. The summed E-state index contributed by atoms with van der Waals surface area (Å²) in [6.07, 6.45) is 3.74. The molecule has 3 rings (SSSR count). The van der Waals surface area contributed by atoms with Crippen LogP contribution in [0.4, 0.5) is 0 Å². The van der Waals surface area contributed by atoms with Crippen LogP contribution in [0.25, 0.3) is 22.3 Å². The van der Waals surface area contributed by atoms with Gasteiger partial charge in [-0.15, -0.1) is 0 Å². The Labute approximate surface area is 92.5 Å². The second-order valence-electron chi connectivity index (χ2n) is 3.71. The standard InChI is InChI=1S/C12H12N4/c13-5-8-6-15-12(16-8)10-7-14-11-4-2-1-3-9(10)11/h1-4,6-7,14H,5,13H2,(H,15,16). The quantitative estimate of drug-likeness (QED) is 0.608. The molecule has 0 saturated carbocycles. The molecule has 4 N–H and O–H groups in total. The molecular weight excluding hydrogens is 200 g/mol. The minimum Gasteiger partial charge on any atom is -0.360 e. The van der Waals surface area contributed by atoms with E-state index in [1.807, 2.05) is 24.4 Å². The Morgan fingerprint density at radius 3 is 2.94 bits per heavy atom. The number of H-pyrrole nitrogens is 2. The van der Waals surface area contributed by atoms with Gasteiger partial charge < -0.3 is 15.7 Å². The molecule has 2 aromatic heterocycles. The summed E-state index contributed by atoms with van der Waals surface area (Å²) in [6, 6.07) is 8.15. The van der Waals surface area contributed by atoms with Crippen molar-refractivity contribution in [2.24, 2.45) is 5.73 Å². The van der Waals surface area contributed by atoms with Crippen LogP contribution < -0.4 is 5.73 Å². The normalized spacial score (nSPS) is 11.1. The van der Waals surface area contributed by atoms with Crippen molar-refractivity contribution in [3.8, 4) is 11.4 Å². The van der Waals surface area contributed by atoms with Crippen LogP contribution in [0.1, 0.15) is 5.69 Å². The average molecular weight is 212 g/mol. The lowest BCUT2D eigenvalue weighted by atomic mass is 10.2. The van der Waals surface area contributed by atoms with Crippen LogP contribution in [0.5, 0.6) is 0 Å².